The number of amides is 1. The van der Waals surface area contributed by atoms with Crippen LogP contribution >= 0.6 is 0 Å². The third kappa shape index (κ3) is 3.40. The van der Waals surface area contributed by atoms with Crippen LogP contribution in [0.15, 0.2) is 24.3 Å². The summed E-state index contributed by atoms with van der Waals surface area (Å²) >= 11 is 0. The van der Waals surface area contributed by atoms with Crippen molar-refractivity contribution in [2.45, 2.75) is 63.3 Å². The van der Waals surface area contributed by atoms with Gasteiger partial charge in [-0.3, -0.25) is 9.69 Å². The van der Waals surface area contributed by atoms with Crippen LogP contribution in [-0.4, -0.2) is 40.6 Å². The molecule has 0 aromatic heterocycles. The predicted molar refractivity (Wildman–Crippen MR) is 86.3 cm³/mol. The molecule has 2 unspecified atom stereocenters. The van der Waals surface area contributed by atoms with Crippen molar-refractivity contribution in [2.75, 3.05) is 6.54 Å². The molecule has 0 spiro atoms. The molecule has 2 heterocycles. The zero-order chi connectivity index (χ0) is 16.6. The fourth-order valence-corrected chi connectivity index (χ4v) is 4.10. The molecule has 2 bridgehead atoms. The normalized spacial score (nSPS) is 30.7. The molecule has 1 aromatic rings. The van der Waals surface area contributed by atoms with E-state index in [-0.39, 0.29) is 29.8 Å². The van der Waals surface area contributed by atoms with Gasteiger partial charge in [-0.15, -0.1) is 0 Å². The number of fused-ring (bicyclic) bond motifs is 2. The Morgan fingerprint density at radius 3 is 2.39 bits per heavy atom. The minimum atomic E-state index is -0.912. The lowest BCUT2D eigenvalue weighted by molar-refractivity contribution is -0.126. The number of nitrogens with zero attached hydrogens (tertiary/aromatic N) is 1. The summed E-state index contributed by atoms with van der Waals surface area (Å²) in [4.78, 5) is 14.3. The maximum atomic E-state index is 13.1. The maximum absolute atomic E-state index is 13.1. The number of hydrogen-bond acceptors (Lipinski definition) is 3. The Bertz CT molecular complexity index is 559. The average molecular weight is 320 g/mol. The van der Waals surface area contributed by atoms with Crippen LogP contribution in [0, 0.1) is 5.82 Å². The molecule has 1 amide bonds. The van der Waals surface area contributed by atoms with Crippen LogP contribution in [0.3, 0.4) is 0 Å². The van der Waals surface area contributed by atoms with Crippen molar-refractivity contribution in [2.24, 2.45) is 0 Å². The molecule has 126 valence electrons. The van der Waals surface area contributed by atoms with Crippen molar-refractivity contribution < 1.29 is 14.3 Å². The fourth-order valence-electron chi connectivity index (χ4n) is 4.10. The summed E-state index contributed by atoms with van der Waals surface area (Å²) in [6, 6.07) is 6.71. The molecule has 0 saturated carbocycles. The number of rotatable bonds is 4. The first-order valence-corrected chi connectivity index (χ1v) is 8.41. The number of halogens is 1. The highest BCUT2D eigenvalue weighted by Crippen LogP contribution is 2.45. The molecule has 1 aromatic carbocycles. The summed E-state index contributed by atoms with van der Waals surface area (Å²) in [6.07, 6.45) is 3.21. The van der Waals surface area contributed by atoms with Gasteiger partial charge in [-0.25, -0.2) is 4.39 Å². The molecular formula is C18H25FN2O2. The highest BCUT2D eigenvalue weighted by atomic mass is 19.1. The topological polar surface area (TPSA) is 52.6 Å². The van der Waals surface area contributed by atoms with E-state index in [4.69, 9.17) is 0 Å². The Morgan fingerprint density at radius 2 is 1.87 bits per heavy atom. The lowest BCUT2D eigenvalue weighted by Gasteiger charge is -2.43. The predicted octanol–water partition coefficient (Wildman–Crippen LogP) is 2.16. The SMILES string of the molecule is CC(C)NC(=O)CN1C2CCC1CC(O)(c1ccc(F)cc1)C2. The number of benzene rings is 1. The quantitative estimate of drug-likeness (QED) is 0.894. The molecular weight excluding hydrogens is 295 g/mol. The van der Waals surface area contributed by atoms with Crippen molar-refractivity contribution in [3.8, 4) is 0 Å². The van der Waals surface area contributed by atoms with Crippen LogP contribution in [0.1, 0.15) is 45.1 Å². The van der Waals surface area contributed by atoms with Gasteiger partial charge in [0.15, 0.2) is 0 Å². The lowest BCUT2D eigenvalue weighted by atomic mass is 9.80. The largest absolute Gasteiger partial charge is 0.385 e. The minimum Gasteiger partial charge on any atom is -0.385 e. The fraction of sp³-hybridized carbons (Fsp3) is 0.611. The third-order valence-corrected chi connectivity index (χ3v) is 5.08. The van der Waals surface area contributed by atoms with E-state index in [1.165, 1.54) is 12.1 Å². The Kier molecular flexibility index (Phi) is 4.43. The molecule has 2 aliphatic heterocycles. The Balaban J connectivity index is 1.71. The van der Waals surface area contributed by atoms with E-state index in [0.717, 1.165) is 18.4 Å². The minimum absolute atomic E-state index is 0.0455. The van der Waals surface area contributed by atoms with E-state index in [0.29, 0.717) is 19.4 Å². The van der Waals surface area contributed by atoms with Crippen LogP contribution < -0.4 is 5.32 Å². The first kappa shape index (κ1) is 16.4. The molecule has 5 heteroatoms. The number of carbonyl (C=O) groups is 1. The van der Waals surface area contributed by atoms with Gasteiger partial charge in [-0.2, -0.15) is 0 Å². The Morgan fingerprint density at radius 1 is 1.30 bits per heavy atom. The molecule has 2 fully saturated rings. The summed E-state index contributed by atoms with van der Waals surface area (Å²) in [5.41, 5.74) is -0.132. The number of nitrogens with one attached hydrogen (secondary N) is 1. The second-order valence-corrected chi connectivity index (χ2v) is 7.23. The smallest absolute Gasteiger partial charge is 0.234 e. The first-order valence-electron chi connectivity index (χ1n) is 8.41. The van der Waals surface area contributed by atoms with E-state index >= 15 is 0 Å². The second kappa shape index (κ2) is 6.21. The second-order valence-electron chi connectivity index (χ2n) is 7.23. The summed E-state index contributed by atoms with van der Waals surface area (Å²) in [5, 5.41) is 14.0. The zero-order valence-electron chi connectivity index (χ0n) is 13.8. The van der Waals surface area contributed by atoms with Crippen LogP contribution in [0.4, 0.5) is 4.39 Å². The molecule has 2 aliphatic rings. The van der Waals surface area contributed by atoms with Gasteiger partial charge in [-0.05, 0) is 57.2 Å². The van der Waals surface area contributed by atoms with Crippen LogP contribution in [-0.2, 0) is 10.4 Å². The summed E-state index contributed by atoms with van der Waals surface area (Å²) in [6.45, 7) is 4.30. The number of hydrogen-bond donors (Lipinski definition) is 2. The van der Waals surface area contributed by atoms with E-state index in [1.54, 1.807) is 12.1 Å². The molecule has 23 heavy (non-hydrogen) atoms. The van der Waals surface area contributed by atoms with Gasteiger partial charge in [0.25, 0.3) is 0 Å². The monoisotopic (exact) mass is 320 g/mol. The Labute approximate surface area is 136 Å². The van der Waals surface area contributed by atoms with Gasteiger partial charge < -0.3 is 10.4 Å². The molecule has 0 aliphatic carbocycles. The van der Waals surface area contributed by atoms with Gasteiger partial charge in [0.1, 0.15) is 5.82 Å². The van der Waals surface area contributed by atoms with E-state index in [2.05, 4.69) is 10.2 Å². The maximum Gasteiger partial charge on any atom is 0.234 e. The molecule has 0 radical (unpaired) electrons. The van der Waals surface area contributed by atoms with Gasteiger partial charge >= 0.3 is 0 Å². The van der Waals surface area contributed by atoms with E-state index in [9.17, 15) is 14.3 Å². The highest BCUT2D eigenvalue weighted by molar-refractivity contribution is 5.78. The molecule has 3 rings (SSSR count). The molecule has 2 atom stereocenters. The Hall–Kier alpha value is -1.46. The molecule has 2 N–H and O–H groups in total. The highest BCUT2D eigenvalue weighted by Gasteiger charge is 2.48. The first-order chi connectivity index (χ1) is 10.9. The van der Waals surface area contributed by atoms with Crippen molar-refractivity contribution in [1.29, 1.82) is 0 Å². The number of piperidine rings is 1. The van der Waals surface area contributed by atoms with Crippen molar-refractivity contribution >= 4 is 5.91 Å². The van der Waals surface area contributed by atoms with Gasteiger partial charge in [0.2, 0.25) is 5.91 Å². The van der Waals surface area contributed by atoms with Gasteiger partial charge in [0, 0.05) is 18.1 Å². The van der Waals surface area contributed by atoms with E-state index in [1.807, 2.05) is 13.8 Å². The van der Waals surface area contributed by atoms with Crippen molar-refractivity contribution in [3.63, 3.8) is 0 Å². The van der Waals surface area contributed by atoms with Crippen LogP contribution in [0.2, 0.25) is 0 Å². The van der Waals surface area contributed by atoms with Gasteiger partial charge in [-0.1, -0.05) is 12.1 Å². The summed E-state index contributed by atoms with van der Waals surface area (Å²) in [7, 11) is 0. The standard InChI is InChI=1S/C18H25FN2O2/c1-12(2)20-17(22)11-21-15-7-8-16(21)10-18(23,9-15)13-3-5-14(19)6-4-13/h3-6,12,15-16,23H,7-11H2,1-2H3,(H,20,22). The number of carbonyl (C=O) groups excluding carboxylic acids is 1. The average Bonchev–Trinajstić information content (AvgIpc) is 2.71. The van der Waals surface area contributed by atoms with Crippen molar-refractivity contribution in [1.82, 2.24) is 10.2 Å². The van der Waals surface area contributed by atoms with Gasteiger partial charge in [0.05, 0.1) is 12.1 Å². The molecule has 4 nitrogen and oxygen atoms in total. The van der Waals surface area contributed by atoms with E-state index < -0.39 is 5.60 Å². The summed E-state index contributed by atoms with van der Waals surface area (Å²) < 4.78 is 13.1. The molecule has 2 saturated heterocycles. The van der Waals surface area contributed by atoms with Crippen molar-refractivity contribution in [3.05, 3.63) is 35.6 Å². The number of aliphatic hydroxyl groups is 1. The van der Waals surface area contributed by atoms with Crippen LogP contribution in [0.25, 0.3) is 0 Å². The summed E-state index contributed by atoms with van der Waals surface area (Å²) in [5.74, 6) is -0.243. The van der Waals surface area contributed by atoms with Crippen LogP contribution in [0.5, 0.6) is 0 Å². The third-order valence-electron chi connectivity index (χ3n) is 5.08. The lowest BCUT2D eigenvalue weighted by Crippen LogP contribution is -2.53. The zero-order valence-corrected chi connectivity index (χ0v) is 13.8.